The van der Waals surface area contributed by atoms with Crippen molar-refractivity contribution in [2.45, 2.75) is 20.8 Å². The van der Waals surface area contributed by atoms with Crippen molar-refractivity contribution in [2.24, 2.45) is 0 Å². The zero-order chi connectivity index (χ0) is 18.0. The first kappa shape index (κ1) is 17.1. The second-order valence-electron chi connectivity index (χ2n) is 6.33. The van der Waals surface area contributed by atoms with Gasteiger partial charge in [0, 0.05) is 18.0 Å². The zero-order valence-electron chi connectivity index (χ0n) is 15.1. The molecule has 1 aromatic heterocycles. The quantitative estimate of drug-likeness (QED) is 0.688. The molecule has 0 saturated carbocycles. The maximum atomic E-state index is 12.8. The van der Waals surface area contributed by atoms with Crippen molar-refractivity contribution in [2.75, 3.05) is 20.2 Å². The summed E-state index contributed by atoms with van der Waals surface area (Å²) in [5.74, 6) is 1.09. The highest BCUT2D eigenvalue weighted by molar-refractivity contribution is 5.99. The van der Waals surface area contributed by atoms with Crippen LogP contribution in [-0.2, 0) is 0 Å². The number of amides is 1. The second-order valence-corrected chi connectivity index (χ2v) is 6.33. The summed E-state index contributed by atoms with van der Waals surface area (Å²) in [6.07, 6.45) is 0. The molecule has 0 radical (unpaired) electrons. The molecule has 25 heavy (non-hydrogen) atoms. The number of likely N-dealkylation sites (N-methyl/N-ethyl adjacent to an activating group) is 1. The fourth-order valence-corrected chi connectivity index (χ4v) is 2.81. The lowest BCUT2D eigenvalue weighted by Gasteiger charge is -2.16. The average molecular weight is 337 g/mol. The molecule has 0 aliphatic heterocycles. The van der Waals surface area contributed by atoms with E-state index in [-0.39, 0.29) is 5.91 Å². The normalized spacial score (nSPS) is 10.9. The van der Waals surface area contributed by atoms with E-state index in [0.29, 0.717) is 18.9 Å². The van der Waals surface area contributed by atoms with Crippen LogP contribution in [0.2, 0.25) is 0 Å². The molecule has 130 valence electrons. The first-order valence-corrected chi connectivity index (χ1v) is 8.41. The number of carbonyl (C=O) groups excluding carboxylic acids is 1. The van der Waals surface area contributed by atoms with Gasteiger partial charge in [-0.3, -0.25) is 4.79 Å². The number of fused-ring (bicyclic) bond motifs is 1. The molecular formula is C21H23NO3. The Kier molecular flexibility index (Phi) is 4.79. The van der Waals surface area contributed by atoms with Crippen LogP contribution in [-0.4, -0.2) is 31.0 Å². The minimum atomic E-state index is -0.123. The minimum absolute atomic E-state index is 0.123. The average Bonchev–Trinajstić information content (AvgIpc) is 2.96. The topological polar surface area (TPSA) is 42.7 Å². The van der Waals surface area contributed by atoms with Crippen LogP contribution in [0, 0.1) is 20.8 Å². The Bertz CT molecular complexity index is 896. The predicted octanol–water partition coefficient (Wildman–Crippen LogP) is 4.51. The zero-order valence-corrected chi connectivity index (χ0v) is 15.1. The number of rotatable bonds is 5. The molecule has 0 aliphatic rings. The molecule has 1 heterocycles. The smallest absolute Gasteiger partial charge is 0.289 e. The van der Waals surface area contributed by atoms with Gasteiger partial charge in [0.05, 0.1) is 6.54 Å². The summed E-state index contributed by atoms with van der Waals surface area (Å²) in [5, 5.41) is 1.00. The standard InChI is InChI=1S/C21H23NO3/c1-14-10-11-18-16(3)20(25-19(18)15(14)2)21(23)22(4)12-13-24-17-8-6-5-7-9-17/h5-11H,12-13H2,1-4H3. The van der Waals surface area contributed by atoms with Crippen molar-refractivity contribution in [3.05, 3.63) is 64.9 Å². The van der Waals surface area contributed by atoms with Gasteiger partial charge in [-0.1, -0.05) is 30.3 Å². The highest BCUT2D eigenvalue weighted by Crippen LogP contribution is 2.30. The summed E-state index contributed by atoms with van der Waals surface area (Å²) < 4.78 is 11.6. The fraction of sp³-hybridized carbons (Fsp3) is 0.286. The van der Waals surface area contributed by atoms with Crippen LogP contribution < -0.4 is 4.74 Å². The van der Waals surface area contributed by atoms with E-state index in [1.54, 1.807) is 11.9 Å². The number of para-hydroxylation sites is 1. The first-order chi connectivity index (χ1) is 12.0. The lowest BCUT2D eigenvalue weighted by molar-refractivity contribution is 0.0744. The van der Waals surface area contributed by atoms with Gasteiger partial charge in [-0.25, -0.2) is 0 Å². The van der Waals surface area contributed by atoms with Crippen molar-refractivity contribution in [1.29, 1.82) is 0 Å². The maximum absolute atomic E-state index is 12.8. The molecule has 0 bridgehead atoms. The highest BCUT2D eigenvalue weighted by atomic mass is 16.5. The first-order valence-electron chi connectivity index (χ1n) is 8.41. The van der Waals surface area contributed by atoms with Gasteiger partial charge in [0.15, 0.2) is 5.76 Å². The number of hydrogen-bond acceptors (Lipinski definition) is 3. The van der Waals surface area contributed by atoms with Gasteiger partial charge in [0.2, 0.25) is 0 Å². The van der Waals surface area contributed by atoms with E-state index in [1.165, 1.54) is 0 Å². The van der Waals surface area contributed by atoms with E-state index < -0.39 is 0 Å². The molecule has 0 aliphatic carbocycles. The molecule has 4 nitrogen and oxygen atoms in total. The number of benzene rings is 2. The SMILES string of the molecule is Cc1ccc2c(C)c(C(=O)N(C)CCOc3ccccc3)oc2c1C. The third-order valence-corrected chi connectivity index (χ3v) is 4.61. The maximum Gasteiger partial charge on any atom is 0.289 e. The van der Waals surface area contributed by atoms with Crippen molar-refractivity contribution >= 4 is 16.9 Å². The van der Waals surface area contributed by atoms with Crippen LogP contribution in [0.1, 0.15) is 27.2 Å². The summed E-state index contributed by atoms with van der Waals surface area (Å²) in [4.78, 5) is 14.4. The van der Waals surface area contributed by atoms with Crippen LogP contribution in [0.5, 0.6) is 5.75 Å². The third-order valence-electron chi connectivity index (χ3n) is 4.61. The number of nitrogens with zero attached hydrogens (tertiary/aromatic N) is 1. The molecule has 0 unspecified atom stereocenters. The Hall–Kier alpha value is -2.75. The molecule has 0 saturated heterocycles. The summed E-state index contributed by atoms with van der Waals surface area (Å²) in [6, 6.07) is 13.7. The van der Waals surface area contributed by atoms with Crippen molar-refractivity contribution in [3.63, 3.8) is 0 Å². The van der Waals surface area contributed by atoms with Gasteiger partial charge in [-0.15, -0.1) is 0 Å². The minimum Gasteiger partial charge on any atom is -0.492 e. The van der Waals surface area contributed by atoms with Gasteiger partial charge >= 0.3 is 0 Å². The largest absolute Gasteiger partial charge is 0.492 e. The summed E-state index contributed by atoms with van der Waals surface area (Å²) in [5.41, 5.74) is 3.92. The van der Waals surface area contributed by atoms with E-state index in [2.05, 4.69) is 6.07 Å². The number of carbonyl (C=O) groups is 1. The monoisotopic (exact) mass is 337 g/mol. The van der Waals surface area contributed by atoms with Gasteiger partial charge in [-0.05, 0) is 44.0 Å². The fourth-order valence-electron chi connectivity index (χ4n) is 2.81. The Labute approximate surface area is 148 Å². The predicted molar refractivity (Wildman–Crippen MR) is 99.3 cm³/mol. The van der Waals surface area contributed by atoms with Crippen LogP contribution in [0.4, 0.5) is 0 Å². The Morgan fingerprint density at radius 2 is 1.76 bits per heavy atom. The molecule has 2 aromatic carbocycles. The van der Waals surface area contributed by atoms with E-state index in [1.807, 2.05) is 57.2 Å². The van der Waals surface area contributed by atoms with E-state index in [4.69, 9.17) is 9.15 Å². The molecule has 0 fully saturated rings. The third kappa shape index (κ3) is 3.38. The van der Waals surface area contributed by atoms with Crippen LogP contribution in [0.15, 0.2) is 46.9 Å². The molecule has 4 heteroatoms. The summed E-state index contributed by atoms with van der Waals surface area (Å²) in [7, 11) is 1.77. The highest BCUT2D eigenvalue weighted by Gasteiger charge is 2.22. The Balaban J connectivity index is 1.73. The number of furan rings is 1. The lowest BCUT2D eigenvalue weighted by atomic mass is 10.0. The van der Waals surface area contributed by atoms with Crippen LogP contribution >= 0.6 is 0 Å². The number of hydrogen-bond donors (Lipinski definition) is 0. The lowest BCUT2D eigenvalue weighted by Crippen LogP contribution is -2.31. The Morgan fingerprint density at radius 3 is 2.48 bits per heavy atom. The van der Waals surface area contributed by atoms with Gasteiger partial charge in [-0.2, -0.15) is 0 Å². The molecule has 3 rings (SSSR count). The van der Waals surface area contributed by atoms with Crippen molar-refractivity contribution in [1.82, 2.24) is 4.90 Å². The number of ether oxygens (including phenoxy) is 1. The molecule has 0 atom stereocenters. The van der Waals surface area contributed by atoms with Gasteiger partial charge in [0.25, 0.3) is 5.91 Å². The summed E-state index contributed by atoms with van der Waals surface area (Å²) >= 11 is 0. The molecule has 1 amide bonds. The van der Waals surface area contributed by atoms with E-state index in [0.717, 1.165) is 33.4 Å². The van der Waals surface area contributed by atoms with Crippen LogP contribution in [0.3, 0.4) is 0 Å². The molecular weight excluding hydrogens is 314 g/mol. The summed E-state index contributed by atoms with van der Waals surface area (Å²) in [6.45, 7) is 6.92. The Morgan fingerprint density at radius 1 is 1.04 bits per heavy atom. The number of aryl methyl sites for hydroxylation is 3. The van der Waals surface area contributed by atoms with Crippen molar-refractivity contribution in [3.8, 4) is 5.75 Å². The van der Waals surface area contributed by atoms with Gasteiger partial charge < -0.3 is 14.1 Å². The van der Waals surface area contributed by atoms with E-state index >= 15 is 0 Å². The molecule has 0 spiro atoms. The van der Waals surface area contributed by atoms with Crippen molar-refractivity contribution < 1.29 is 13.9 Å². The van der Waals surface area contributed by atoms with Gasteiger partial charge in [0.1, 0.15) is 17.9 Å². The molecule has 3 aromatic rings. The molecule has 0 N–H and O–H groups in total. The van der Waals surface area contributed by atoms with Crippen LogP contribution in [0.25, 0.3) is 11.0 Å². The second kappa shape index (κ2) is 7.01. The van der Waals surface area contributed by atoms with E-state index in [9.17, 15) is 4.79 Å².